The van der Waals surface area contributed by atoms with Gasteiger partial charge in [-0.15, -0.1) is 0 Å². The van der Waals surface area contributed by atoms with E-state index in [4.69, 9.17) is 4.74 Å². The Morgan fingerprint density at radius 3 is 3.05 bits per heavy atom. The highest BCUT2D eigenvalue weighted by atomic mass is 79.9. The highest BCUT2D eigenvalue weighted by molar-refractivity contribution is 9.10. The van der Waals surface area contributed by atoms with Crippen molar-refractivity contribution in [1.82, 2.24) is 14.7 Å². The zero-order chi connectivity index (χ0) is 15.5. The van der Waals surface area contributed by atoms with Gasteiger partial charge in [0, 0.05) is 10.7 Å². The maximum absolute atomic E-state index is 12.4. The SMILES string of the molecule is COc1ccc(Br)cc1C(=O)NCc1ncc2ccccn12. The van der Waals surface area contributed by atoms with Gasteiger partial charge >= 0.3 is 0 Å². The first-order valence-electron chi connectivity index (χ1n) is 6.72. The standard InChI is InChI=1S/C16H14BrN3O2/c1-22-14-6-5-11(17)8-13(14)16(21)19-10-15-18-9-12-4-2-3-7-20(12)15/h2-9H,10H2,1H3,(H,19,21). The van der Waals surface area contributed by atoms with E-state index >= 15 is 0 Å². The molecule has 0 aliphatic carbocycles. The van der Waals surface area contributed by atoms with Gasteiger partial charge in [0.2, 0.25) is 0 Å². The summed E-state index contributed by atoms with van der Waals surface area (Å²) in [6.07, 6.45) is 3.70. The van der Waals surface area contributed by atoms with Crippen LogP contribution in [0, 0.1) is 0 Å². The van der Waals surface area contributed by atoms with Gasteiger partial charge in [0.25, 0.3) is 5.91 Å². The Hall–Kier alpha value is -2.34. The molecule has 1 N–H and O–H groups in total. The highest BCUT2D eigenvalue weighted by Gasteiger charge is 2.13. The number of pyridine rings is 1. The van der Waals surface area contributed by atoms with Gasteiger partial charge in [0.05, 0.1) is 30.9 Å². The number of amides is 1. The van der Waals surface area contributed by atoms with Crippen molar-refractivity contribution in [1.29, 1.82) is 0 Å². The van der Waals surface area contributed by atoms with Crippen LogP contribution in [0.25, 0.3) is 5.52 Å². The smallest absolute Gasteiger partial charge is 0.255 e. The van der Waals surface area contributed by atoms with E-state index in [-0.39, 0.29) is 5.91 Å². The van der Waals surface area contributed by atoms with E-state index in [1.807, 2.05) is 34.9 Å². The number of carbonyl (C=O) groups excluding carboxylic acids is 1. The van der Waals surface area contributed by atoms with Gasteiger partial charge in [-0.1, -0.05) is 22.0 Å². The van der Waals surface area contributed by atoms with Gasteiger partial charge in [-0.2, -0.15) is 0 Å². The lowest BCUT2D eigenvalue weighted by molar-refractivity contribution is 0.0946. The van der Waals surface area contributed by atoms with Crippen LogP contribution in [-0.2, 0) is 6.54 Å². The van der Waals surface area contributed by atoms with Crippen molar-refractivity contribution in [3.8, 4) is 5.75 Å². The second-order valence-electron chi connectivity index (χ2n) is 4.70. The van der Waals surface area contributed by atoms with Crippen molar-refractivity contribution in [2.24, 2.45) is 0 Å². The predicted octanol–water partition coefficient (Wildman–Crippen LogP) is 3.04. The fourth-order valence-corrected chi connectivity index (χ4v) is 2.60. The zero-order valence-electron chi connectivity index (χ0n) is 11.9. The van der Waals surface area contributed by atoms with Gasteiger partial charge in [-0.25, -0.2) is 4.98 Å². The Morgan fingerprint density at radius 1 is 1.36 bits per heavy atom. The third-order valence-corrected chi connectivity index (χ3v) is 3.82. The van der Waals surface area contributed by atoms with Crippen molar-refractivity contribution in [2.75, 3.05) is 7.11 Å². The minimum atomic E-state index is -0.203. The molecule has 1 amide bonds. The number of ether oxygens (including phenoxy) is 1. The highest BCUT2D eigenvalue weighted by Crippen LogP contribution is 2.22. The molecule has 3 rings (SSSR count). The van der Waals surface area contributed by atoms with Gasteiger partial charge in [-0.05, 0) is 30.3 Å². The first kappa shape index (κ1) is 14.6. The number of hydrogen-bond acceptors (Lipinski definition) is 3. The maximum Gasteiger partial charge on any atom is 0.255 e. The van der Waals surface area contributed by atoms with Gasteiger partial charge in [0.15, 0.2) is 0 Å². The Morgan fingerprint density at radius 2 is 2.23 bits per heavy atom. The Kier molecular flexibility index (Phi) is 4.11. The normalized spacial score (nSPS) is 10.6. The fraction of sp³-hybridized carbons (Fsp3) is 0.125. The van der Waals surface area contributed by atoms with Crippen LogP contribution in [0.5, 0.6) is 5.75 Å². The lowest BCUT2D eigenvalue weighted by Crippen LogP contribution is -2.24. The molecular formula is C16H14BrN3O2. The predicted molar refractivity (Wildman–Crippen MR) is 87.1 cm³/mol. The van der Waals surface area contributed by atoms with E-state index in [0.29, 0.717) is 17.9 Å². The molecule has 0 aliphatic rings. The molecule has 0 aliphatic heterocycles. The van der Waals surface area contributed by atoms with E-state index in [1.54, 1.807) is 25.4 Å². The third kappa shape index (κ3) is 2.82. The zero-order valence-corrected chi connectivity index (χ0v) is 13.5. The average molecular weight is 360 g/mol. The molecule has 0 fully saturated rings. The number of methoxy groups -OCH3 is 1. The molecule has 0 unspecified atom stereocenters. The molecule has 22 heavy (non-hydrogen) atoms. The number of halogens is 1. The third-order valence-electron chi connectivity index (χ3n) is 3.33. The summed E-state index contributed by atoms with van der Waals surface area (Å²) in [6.45, 7) is 0.340. The largest absolute Gasteiger partial charge is 0.496 e. The topological polar surface area (TPSA) is 55.6 Å². The number of rotatable bonds is 4. The average Bonchev–Trinajstić information content (AvgIpc) is 2.96. The van der Waals surface area contributed by atoms with Crippen molar-refractivity contribution in [2.45, 2.75) is 6.54 Å². The first-order chi connectivity index (χ1) is 10.7. The molecule has 0 atom stereocenters. The van der Waals surface area contributed by atoms with Crippen LogP contribution in [0.1, 0.15) is 16.2 Å². The second-order valence-corrected chi connectivity index (χ2v) is 5.61. The molecule has 5 nitrogen and oxygen atoms in total. The Balaban J connectivity index is 1.79. The minimum absolute atomic E-state index is 0.203. The van der Waals surface area contributed by atoms with Crippen molar-refractivity contribution >= 4 is 27.4 Å². The van der Waals surface area contributed by atoms with Crippen LogP contribution < -0.4 is 10.1 Å². The lowest BCUT2D eigenvalue weighted by Gasteiger charge is -2.09. The molecule has 0 bridgehead atoms. The summed E-state index contributed by atoms with van der Waals surface area (Å²) in [4.78, 5) is 16.7. The summed E-state index contributed by atoms with van der Waals surface area (Å²) in [5, 5.41) is 2.87. The van der Waals surface area contributed by atoms with Gasteiger partial charge in [0.1, 0.15) is 11.6 Å². The van der Waals surface area contributed by atoms with E-state index in [1.165, 1.54) is 0 Å². The summed E-state index contributed by atoms with van der Waals surface area (Å²) in [5.41, 5.74) is 1.48. The number of nitrogens with one attached hydrogen (secondary N) is 1. The van der Waals surface area contributed by atoms with Crippen LogP contribution in [0.3, 0.4) is 0 Å². The second kappa shape index (κ2) is 6.19. The van der Waals surface area contributed by atoms with Crippen LogP contribution >= 0.6 is 15.9 Å². The summed E-state index contributed by atoms with van der Waals surface area (Å²) in [7, 11) is 1.54. The number of fused-ring (bicyclic) bond motifs is 1. The van der Waals surface area contributed by atoms with E-state index < -0.39 is 0 Å². The Bertz CT molecular complexity index is 829. The molecule has 2 aromatic heterocycles. The van der Waals surface area contributed by atoms with Crippen molar-refractivity contribution in [3.63, 3.8) is 0 Å². The van der Waals surface area contributed by atoms with Crippen molar-refractivity contribution < 1.29 is 9.53 Å². The minimum Gasteiger partial charge on any atom is -0.496 e. The van der Waals surface area contributed by atoms with Crippen LogP contribution in [-0.4, -0.2) is 22.4 Å². The maximum atomic E-state index is 12.4. The number of carbonyl (C=O) groups is 1. The number of aromatic nitrogens is 2. The Labute approximate surface area is 136 Å². The molecule has 2 heterocycles. The molecule has 0 radical (unpaired) electrons. The summed E-state index contributed by atoms with van der Waals surface area (Å²) in [6, 6.07) is 11.2. The number of benzene rings is 1. The van der Waals surface area contributed by atoms with Crippen molar-refractivity contribution in [3.05, 3.63) is 64.7 Å². The number of imidazole rings is 1. The van der Waals surface area contributed by atoms with E-state index in [9.17, 15) is 4.79 Å². The molecule has 3 aromatic rings. The summed E-state index contributed by atoms with van der Waals surface area (Å²) < 4.78 is 7.99. The van der Waals surface area contributed by atoms with Crippen LogP contribution in [0.15, 0.2) is 53.3 Å². The molecule has 112 valence electrons. The van der Waals surface area contributed by atoms with E-state index in [0.717, 1.165) is 15.8 Å². The molecule has 0 saturated carbocycles. The molecule has 0 spiro atoms. The summed E-state index contributed by atoms with van der Waals surface area (Å²) >= 11 is 3.36. The molecular weight excluding hydrogens is 346 g/mol. The number of nitrogens with zero attached hydrogens (tertiary/aromatic N) is 2. The first-order valence-corrected chi connectivity index (χ1v) is 7.51. The van der Waals surface area contributed by atoms with Crippen LogP contribution in [0.2, 0.25) is 0 Å². The fourth-order valence-electron chi connectivity index (χ4n) is 2.24. The quantitative estimate of drug-likeness (QED) is 0.778. The van der Waals surface area contributed by atoms with Crippen LogP contribution in [0.4, 0.5) is 0 Å². The summed E-state index contributed by atoms with van der Waals surface area (Å²) in [5.74, 6) is 1.11. The van der Waals surface area contributed by atoms with Gasteiger partial charge in [-0.3, -0.25) is 4.79 Å². The molecule has 6 heteroatoms. The monoisotopic (exact) mass is 359 g/mol. The molecule has 1 aromatic carbocycles. The number of hydrogen-bond donors (Lipinski definition) is 1. The van der Waals surface area contributed by atoms with E-state index in [2.05, 4.69) is 26.2 Å². The molecule has 0 saturated heterocycles. The van der Waals surface area contributed by atoms with Gasteiger partial charge < -0.3 is 14.5 Å². The lowest BCUT2D eigenvalue weighted by atomic mass is 10.2.